The van der Waals surface area contributed by atoms with Crippen LogP contribution in [-0.2, 0) is 10.0 Å². The Hall–Kier alpha value is -1.70. The van der Waals surface area contributed by atoms with E-state index < -0.39 is 10.0 Å². The van der Waals surface area contributed by atoms with Crippen molar-refractivity contribution in [3.05, 3.63) is 45.8 Å². The van der Waals surface area contributed by atoms with E-state index in [2.05, 4.69) is 5.32 Å². The van der Waals surface area contributed by atoms with Gasteiger partial charge in [0.15, 0.2) is 0 Å². The Balaban J connectivity index is 2.31. The van der Waals surface area contributed by atoms with Crippen molar-refractivity contribution in [2.75, 3.05) is 5.32 Å². The van der Waals surface area contributed by atoms with Crippen molar-refractivity contribution in [2.24, 2.45) is 5.14 Å². The van der Waals surface area contributed by atoms with Crippen LogP contribution in [0.25, 0.3) is 0 Å². The summed E-state index contributed by atoms with van der Waals surface area (Å²) in [7, 11) is -3.79. The Kier molecular flexibility index (Phi) is 4.18. The van der Waals surface area contributed by atoms with Crippen LogP contribution in [0.3, 0.4) is 0 Å². The molecule has 0 radical (unpaired) electrons. The minimum Gasteiger partial charge on any atom is -0.321 e. The lowest BCUT2D eigenvalue weighted by atomic mass is 10.1. The van der Waals surface area contributed by atoms with Gasteiger partial charge in [0.05, 0.1) is 4.88 Å². The normalized spacial score (nSPS) is 11.4. The highest BCUT2D eigenvalue weighted by Gasteiger charge is 2.19. The molecule has 2 aromatic rings. The van der Waals surface area contributed by atoms with E-state index in [4.69, 9.17) is 5.14 Å². The van der Waals surface area contributed by atoms with Gasteiger partial charge >= 0.3 is 0 Å². The molecule has 0 spiro atoms. The number of sulfonamides is 1. The second-order valence-electron chi connectivity index (χ2n) is 4.90. The highest BCUT2D eigenvalue weighted by atomic mass is 32.2. The van der Waals surface area contributed by atoms with E-state index in [9.17, 15) is 13.2 Å². The summed E-state index contributed by atoms with van der Waals surface area (Å²) in [4.78, 5) is 12.6. The molecule has 0 aliphatic carbocycles. The zero-order chi connectivity index (χ0) is 15.8. The second-order valence-corrected chi connectivity index (χ2v) is 7.74. The molecule has 2 rings (SSSR count). The SMILES string of the molecule is Cc1ccc(NC(=O)c2sc(S(N)(=O)=O)cc2C)c(C)c1. The van der Waals surface area contributed by atoms with Crippen molar-refractivity contribution < 1.29 is 13.2 Å². The monoisotopic (exact) mass is 324 g/mol. The van der Waals surface area contributed by atoms with Crippen molar-refractivity contribution in [2.45, 2.75) is 25.0 Å². The largest absolute Gasteiger partial charge is 0.321 e. The first-order valence-electron chi connectivity index (χ1n) is 6.20. The molecule has 21 heavy (non-hydrogen) atoms. The molecule has 0 fully saturated rings. The van der Waals surface area contributed by atoms with Crippen LogP contribution in [0, 0.1) is 20.8 Å². The number of nitrogens with one attached hydrogen (secondary N) is 1. The Labute approximate surface area is 127 Å². The summed E-state index contributed by atoms with van der Waals surface area (Å²) in [5, 5.41) is 7.88. The summed E-state index contributed by atoms with van der Waals surface area (Å²) in [5.41, 5.74) is 3.35. The van der Waals surface area contributed by atoms with Crippen LogP contribution in [-0.4, -0.2) is 14.3 Å². The van der Waals surface area contributed by atoms with Crippen molar-refractivity contribution in [1.82, 2.24) is 0 Å². The van der Waals surface area contributed by atoms with Crippen molar-refractivity contribution in [3.63, 3.8) is 0 Å². The average Bonchev–Trinajstić information content (AvgIpc) is 2.75. The molecule has 0 aliphatic heterocycles. The van der Waals surface area contributed by atoms with Crippen molar-refractivity contribution in [1.29, 1.82) is 0 Å². The summed E-state index contributed by atoms with van der Waals surface area (Å²) in [6.45, 7) is 5.56. The molecule has 0 unspecified atom stereocenters. The number of hydrogen-bond donors (Lipinski definition) is 2. The fraction of sp³-hybridized carbons (Fsp3) is 0.214. The minimum atomic E-state index is -3.79. The maximum atomic E-state index is 12.3. The Morgan fingerprint density at radius 2 is 1.81 bits per heavy atom. The summed E-state index contributed by atoms with van der Waals surface area (Å²) in [6, 6.07) is 7.11. The van der Waals surface area contributed by atoms with Gasteiger partial charge in [-0.1, -0.05) is 17.7 Å². The highest BCUT2D eigenvalue weighted by Crippen LogP contribution is 2.26. The average molecular weight is 324 g/mol. The molecule has 7 heteroatoms. The third-order valence-corrected chi connectivity index (χ3v) is 5.67. The fourth-order valence-electron chi connectivity index (χ4n) is 1.95. The van der Waals surface area contributed by atoms with Gasteiger partial charge < -0.3 is 5.32 Å². The Bertz CT molecular complexity index is 808. The van der Waals surface area contributed by atoms with E-state index in [0.717, 1.165) is 22.5 Å². The molecule has 1 amide bonds. The van der Waals surface area contributed by atoms with Crippen molar-refractivity contribution >= 4 is 33.0 Å². The van der Waals surface area contributed by atoms with Gasteiger partial charge in [-0.25, -0.2) is 13.6 Å². The number of carbonyl (C=O) groups is 1. The smallest absolute Gasteiger partial charge is 0.266 e. The molecule has 0 aliphatic rings. The molecule has 1 heterocycles. The zero-order valence-corrected chi connectivity index (χ0v) is 13.6. The predicted octanol–water partition coefficient (Wildman–Crippen LogP) is 2.57. The van der Waals surface area contributed by atoms with Gasteiger partial charge in [-0.05, 0) is 44.0 Å². The summed E-state index contributed by atoms with van der Waals surface area (Å²) < 4.78 is 22.6. The number of anilines is 1. The molecule has 3 N–H and O–H groups in total. The first-order valence-corrected chi connectivity index (χ1v) is 8.56. The molecular weight excluding hydrogens is 308 g/mol. The van der Waals surface area contributed by atoms with Crippen LogP contribution < -0.4 is 10.5 Å². The van der Waals surface area contributed by atoms with Crippen molar-refractivity contribution in [3.8, 4) is 0 Å². The Morgan fingerprint density at radius 3 is 2.33 bits per heavy atom. The minimum absolute atomic E-state index is 0.00854. The lowest BCUT2D eigenvalue weighted by Crippen LogP contribution is -2.12. The third kappa shape index (κ3) is 3.49. The number of rotatable bonds is 3. The van der Waals surface area contributed by atoms with Crippen LogP contribution in [0.5, 0.6) is 0 Å². The van der Waals surface area contributed by atoms with E-state index in [1.807, 2.05) is 32.0 Å². The van der Waals surface area contributed by atoms with Crippen LogP contribution >= 0.6 is 11.3 Å². The summed E-state index contributed by atoms with van der Waals surface area (Å²) in [6.07, 6.45) is 0. The number of amides is 1. The van der Waals surface area contributed by atoms with Crippen LogP contribution in [0.4, 0.5) is 5.69 Å². The topological polar surface area (TPSA) is 89.3 Å². The number of primary sulfonamides is 1. The van der Waals surface area contributed by atoms with Crippen LogP contribution in [0.1, 0.15) is 26.4 Å². The molecule has 0 bridgehead atoms. The predicted molar refractivity (Wildman–Crippen MR) is 84.3 cm³/mol. The first kappa shape index (κ1) is 15.7. The summed E-state index contributed by atoms with van der Waals surface area (Å²) >= 11 is 0.878. The molecule has 0 saturated carbocycles. The van der Waals surface area contributed by atoms with E-state index >= 15 is 0 Å². The van der Waals surface area contributed by atoms with Crippen LogP contribution in [0.2, 0.25) is 0 Å². The number of nitrogens with two attached hydrogens (primary N) is 1. The van der Waals surface area contributed by atoms with Gasteiger partial charge in [-0.15, -0.1) is 11.3 Å². The molecule has 112 valence electrons. The Morgan fingerprint density at radius 1 is 1.14 bits per heavy atom. The molecule has 1 aromatic heterocycles. The highest BCUT2D eigenvalue weighted by molar-refractivity contribution is 7.91. The standard InChI is InChI=1S/C14H16N2O3S2/c1-8-4-5-11(9(2)6-8)16-14(17)13-10(3)7-12(20-13)21(15,18)19/h4-7H,1-3H3,(H,16,17)(H2,15,18,19). The maximum Gasteiger partial charge on any atom is 0.266 e. The molecule has 1 aromatic carbocycles. The van der Waals surface area contributed by atoms with E-state index in [1.165, 1.54) is 6.07 Å². The van der Waals surface area contributed by atoms with Gasteiger partial charge in [-0.3, -0.25) is 4.79 Å². The zero-order valence-electron chi connectivity index (χ0n) is 11.9. The van der Waals surface area contributed by atoms with Gasteiger partial charge in [-0.2, -0.15) is 0 Å². The van der Waals surface area contributed by atoms with E-state index in [0.29, 0.717) is 16.1 Å². The number of thiophene rings is 1. The first-order chi connectivity index (χ1) is 9.68. The number of aryl methyl sites for hydroxylation is 3. The number of hydrogen-bond acceptors (Lipinski definition) is 4. The van der Waals surface area contributed by atoms with Gasteiger partial charge in [0, 0.05) is 5.69 Å². The maximum absolute atomic E-state index is 12.3. The molecule has 0 saturated heterocycles. The van der Waals surface area contributed by atoms with Gasteiger partial charge in [0.2, 0.25) is 10.0 Å². The van der Waals surface area contributed by atoms with E-state index in [1.54, 1.807) is 6.92 Å². The summed E-state index contributed by atoms with van der Waals surface area (Å²) in [5.74, 6) is -0.334. The molecular formula is C14H16N2O3S2. The lowest BCUT2D eigenvalue weighted by Gasteiger charge is -2.08. The quantitative estimate of drug-likeness (QED) is 0.909. The number of benzene rings is 1. The van der Waals surface area contributed by atoms with E-state index in [-0.39, 0.29) is 10.1 Å². The lowest BCUT2D eigenvalue weighted by molar-refractivity contribution is 0.103. The second kappa shape index (κ2) is 5.59. The number of carbonyl (C=O) groups excluding carboxylic acids is 1. The third-order valence-electron chi connectivity index (χ3n) is 3.01. The fourth-order valence-corrected chi connectivity index (χ4v) is 3.81. The van der Waals surface area contributed by atoms with Gasteiger partial charge in [0.1, 0.15) is 4.21 Å². The molecule has 0 atom stereocenters. The molecule has 5 nitrogen and oxygen atoms in total. The van der Waals surface area contributed by atoms with Gasteiger partial charge in [0.25, 0.3) is 5.91 Å². The van der Waals surface area contributed by atoms with Crippen LogP contribution in [0.15, 0.2) is 28.5 Å².